The van der Waals surface area contributed by atoms with Gasteiger partial charge in [-0.3, -0.25) is 9.69 Å². The Hall–Kier alpha value is -1.41. The third-order valence-corrected chi connectivity index (χ3v) is 7.13. The fraction of sp³-hybridized carbons (Fsp3) is 0.368. The van der Waals surface area contributed by atoms with Gasteiger partial charge in [0.1, 0.15) is 5.01 Å². The average Bonchev–Trinajstić information content (AvgIpc) is 3.22. The molecule has 1 aliphatic heterocycles. The van der Waals surface area contributed by atoms with E-state index in [-0.39, 0.29) is 11.9 Å². The second-order valence-corrected chi connectivity index (χ2v) is 9.69. The van der Waals surface area contributed by atoms with Crippen LogP contribution in [-0.2, 0) is 4.79 Å². The van der Waals surface area contributed by atoms with Crippen LogP contribution in [0.25, 0.3) is 6.08 Å². The summed E-state index contributed by atoms with van der Waals surface area (Å²) in [5, 5.41) is 11.2. The molecule has 0 radical (unpaired) electrons. The highest BCUT2D eigenvalue weighted by molar-refractivity contribution is 8.18. The van der Waals surface area contributed by atoms with Gasteiger partial charge in [0.2, 0.25) is 5.13 Å². The van der Waals surface area contributed by atoms with Gasteiger partial charge in [-0.25, -0.2) is 0 Å². The zero-order chi connectivity index (χ0) is 19.7. The number of amidine groups is 1. The molecule has 2 fully saturated rings. The highest BCUT2D eigenvalue weighted by Gasteiger charge is 2.39. The molecule has 0 bridgehead atoms. The summed E-state index contributed by atoms with van der Waals surface area (Å²) in [4.78, 5) is 20.3. The number of amides is 1. The van der Waals surface area contributed by atoms with Gasteiger partial charge in [0.15, 0.2) is 5.17 Å². The molecule has 0 spiro atoms. The summed E-state index contributed by atoms with van der Waals surface area (Å²) in [6, 6.07) is 5.48. The Morgan fingerprint density at radius 3 is 2.54 bits per heavy atom. The first-order valence-corrected chi connectivity index (χ1v) is 11.5. The van der Waals surface area contributed by atoms with Crippen molar-refractivity contribution in [3.05, 3.63) is 43.7 Å². The van der Waals surface area contributed by atoms with Crippen molar-refractivity contribution in [1.82, 2.24) is 15.1 Å². The molecule has 4 rings (SSSR count). The molecule has 0 N–H and O–H groups in total. The van der Waals surface area contributed by atoms with E-state index in [2.05, 4.69) is 15.2 Å². The minimum Gasteiger partial charge on any atom is -0.283 e. The second kappa shape index (κ2) is 8.53. The Kier molecular flexibility index (Phi) is 6.06. The Balaban J connectivity index is 1.73. The van der Waals surface area contributed by atoms with E-state index in [1.807, 2.05) is 11.8 Å². The molecule has 1 aromatic heterocycles. The molecule has 1 saturated carbocycles. The van der Waals surface area contributed by atoms with E-state index in [1.54, 1.807) is 24.3 Å². The molecule has 0 unspecified atom stereocenters. The number of carbonyl (C=O) groups is 1. The lowest BCUT2D eigenvalue weighted by molar-refractivity contribution is -0.124. The second-order valence-electron chi connectivity index (χ2n) is 6.71. The highest BCUT2D eigenvalue weighted by atomic mass is 35.5. The first kappa shape index (κ1) is 19.9. The maximum atomic E-state index is 13.3. The summed E-state index contributed by atoms with van der Waals surface area (Å²) >= 11 is 15.4. The van der Waals surface area contributed by atoms with E-state index in [4.69, 9.17) is 23.2 Å². The number of carbonyl (C=O) groups excluding carboxylic acids is 1. The molecular formula is C19H18Cl2N4OS2. The lowest BCUT2D eigenvalue weighted by Gasteiger charge is -2.30. The summed E-state index contributed by atoms with van der Waals surface area (Å²) in [5.41, 5.74) is 0.651. The zero-order valence-corrected chi connectivity index (χ0v) is 18.3. The molecule has 0 atom stereocenters. The molecule has 1 saturated heterocycles. The zero-order valence-electron chi connectivity index (χ0n) is 15.2. The van der Waals surface area contributed by atoms with Crippen LogP contribution >= 0.6 is 46.3 Å². The molecule has 1 aromatic carbocycles. The molecule has 28 heavy (non-hydrogen) atoms. The highest BCUT2D eigenvalue weighted by Crippen LogP contribution is 2.40. The number of aryl methyl sites for hydroxylation is 1. The van der Waals surface area contributed by atoms with Crippen LogP contribution in [0, 0.1) is 6.92 Å². The topological polar surface area (TPSA) is 58.5 Å². The molecule has 146 valence electrons. The van der Waals surface area contributed by atoms with E-state index in [9.17, 15) is 4.79 Å². The van der Waals surface area contributed by atoms with Gasteiger partial charge in [0, 0.05) is 21.7 Å². The molecule has 2 heterocycles. The Morgan fingerprint density at radius 1 is 1.18 bits per heavy atom. The van der Waals surface area contributed by atoms with Crippen molar-refractivity contribution in [2.75, 3.05) is 0 Å². The van der Waals surface area contributed by atoms with Crippen LogP contribution < -0.4 is 0 Å². The summed E-state index contributed by atoms with van der Waals surface area (Å²) in [6.45, 7) is 1.89. The summed E-state index contributed by atoms with van der Waals surface area (Å²) in [6.07, 6.45) is 7.20. The fourth-order valence-electron chi connectivity index (χ4n) is 3.42. The van der Waals surface area contributed by atoms with Gasteiger partial charge in [-0.05, 0) is 49.7 Å². The molecular weight excluding hydrogens is 435 g/mol. The number of thioether (sulfide) groups is 1. The largest absolute Gasteiger partial charge is 0.283 e. The van der Waals surface area contributed by atoms with Crippen LogP contribution in [0.1, 0.15) is 42.7 Å². The van der Waals surface area contributed by atoms with Gasteiger partial charge in [-0.2, -0.15) is 4.99 Å². The summed E-state index contributed by atoms with van der Waals surface area (Å²) in [7, 11) is 0. The molecule has 2 aliphatic rings. The van der Waals surface area contributed by atoms with Crippen LogP contribution in [0.3, 0.4) is 0 Å². The van der Waals surface area contributed by atoms with Crippen LogP contribution in [0.4, 0.5) is 5.13 Å². The van der Waals surface area contributed by atoms with Crippen molar-refractivity contribution in [2.24, 2.45) is 4.99 Å². The van der Waals surface area contributed by atoms with Gasteiger partial charge in [0.05, 0.1) is 4.91 Å². The number of aromatic nitrogens is 2. The molecule has 5 nitrogen and oxygen atoms in total. The Bertz CT molecular complexity index is 946. The number of hydrogen-bond donors (Lipinski definition) is 0. The lowest BCUT2D eigenvalue weighted by Crippen LogP contribution is -2.40. The van der Waals surface area contributed by atoms with Gasteiger partial charge in [0.25, 0.3) is 5.91 Å². The van der Waals surface area contributed by atoms with E-state index in [1.165, 1.54) is 29.5 Å². The van der Waals surface area contributed by atoms with Crippen molar-refractivity contribution in [3.8, 4) is 0 Å². The Labute approximate surface area is 181 Å². The predicted molar refractivity (Wildman–Crippen MR) is 117 cm³/mol. The quantitative estimate of drug-likeness (QED) is 0.528. The van der Waals surface area contributed by atoms with Gasteiger partial charge in [-0.15, -0.1) is 10.2 Å². The molecule has 1 amide bonds. The van der Waals surface area contributed by atoms with Crippen molar-refractivity contribution >= 4 is 68.6 Å². The van der Waals surface area contributed by atoms with E-state index in [0.717, 1.165) is 30.7 Å². The van der Waals surface area contributed by atoms with Crippen LogP contribution in [0.5, 0.6) is 0 Å². The first-order valence-electron chi connectivity index (χ1n) is 9.09. The lowest BCUT2D eigenvalue weighted by atomic mass is 9.94. The number of nitrogens with zero attached hydrogens (tertiary/aromatic N) is 4. The monoisotopic (exact) mass is 452 g/mol. The maximum absolute atomic E-state index is 13.3. The standard InChI is InChI=1S/C19H18Cl2N4OS2/c1-11-23-24-18(27-11)22-19-25(12-6-3-2-4-7-12)17(26)16(28-19)10-13-14(20)8-5-9-15(13)21/h5,8-10,12H,2-4,6-7H2,1H3/b16-10-,22-19+. The number of rotatable bonds is 3. The van der Waals surface area contributed by atoms with E-state index < -0.39 is 0 Å². The van der Waals surface area contributed by atoms with Crippen molar-refractivity contribution in [2.45, 2.75) is 45.1 Å². The van der Waals surface area contributed by atoms with E-state index in [0.29, 0.717) is 30.8 Å². The summed E-state index contributed by atoms with van der Waals surface area (Å²) in [5.74, 6) is -0.0483. The average molecular weight is 453 g/mol. The number of benzene rings is 1. The first-order chi connectivity index (χ1) is 13.5. The normalized spacial score (nSPS) is 21.2. The molecule has 9 heteroatoms. The minimum absolute atomic E-state index is 0.0483. The number of aliphatic imine (C=N–C) groups is 1. The molecule has 2 aromatic rings. The number of hydrogen-bond acceptors (Lipinski definition) is 6. The third-order valence-electron chi connectivity index (χ3n) is 4.76. The van der Waals surface area contributed by atoms with Crippen LogP contribution in [0.15, 0.2) is 28.1 Å². The maximum Gasteiger partial charge on any atom is 0.267 e. The predicted octanol–water partition coefficient (Wildman–Crippen LogP) is 6.09. The smallest absolute Gasteiger partial charge is 0.267 e. The minimum atomic E-state index is -0.0483. The SMILES string of the molecule is Cc1nnc(/N=C2/S/C(=C\c3c(Cl)cccc3Cl)C(=O)N2C2CCCCC2)s1. The van der Waals surface area contributed by atoms with Gasteiger partial charge in [-0.1, -0.05) is 59.9 Å². The third kappa shape index (κ3) is 4.13. The van der Waals surface area contributed by atoms with Crippen LogP contribution in [-0.4, -0.2) is 32.2 Å². The van der Waals surface area contributed by atoms with Gasteiger partial charge >= 0.3 is 0 Å². The summed E-state index contributed by atoms with van der Waals surface area (Å²) < 4.78 is 0. The van der Waals surface area contributed by atoms with Crippen molar-refractivity contribution in [1.29, 1.82) is 0 Å². The Morgan fingerprint density at radius 2 is 1.89 bits per heavy atom. The van der Waals surface area contributed by atoms with Crippen LogP contribution in [0.2, 0.25) is 10.0 Å². The van der Waals surface area contributed by atoms with Gasteiger partial charge < -0.3 is 0 Å². The number of halogens is 2. The van der Waals surface area contributed by atoms with E-state index >= 15 is 0 Å². The van der Waals surface area contributed by atoms with Crippen molar-refractivity contribution in [3.63, 3.8) is 0 Å². The van der Waals surface area contributed by atoms with Crippen molar-refractivity contribution < 1.29 is 4.79 Å². The molecule has 1 aliphatic carbocycles. The fourth-order valence-corrected chi connectivity index (χ4v) is 5.56.